The molecule has 0 bridgehead atoms. The molecule has 0 radical (unpaired) electrons. The number of aryl methyl sites for hydroxylation is 1. The quantitative estimate of drug-likeness (QED) is 0.716. The van der Waals surface area contributed by atoms with E-state index in [0.717, 1.165) is 6.54 Å². The third-order valence-electron chi connectivity index (χ3n) is 1.89. The van der Waals surface area contributed by atoms with Crippen LogP contribution >= 0.6 is 0 Å². The number of rotatable bonds is 2. The molecule has 70 valence electrons. The summed E-state index contributed by atoms with van der Waals surface area (Å²) in [4.78, 5) is 8.21. The van der Waals surface area contributed by atoms with Gasteiger partial charge in [0.2, 0.25) is 5.89 Å². The summed E-state index contributed by atoms with van der Waals surface area (Å²) >= 11 is 0. The van der Waals surface area contributed by atoms with E-state index in [2.05, 4.69) is 20.4 Å². The third kappa shape index (κ3) is 1.68. The molecule has 2 rings (SSSR count). The van der Waals surface area contributed by atoms with Crippen molar-refractivity contribution in [3.8, 4) is 0 Å². The van der Waals surface area contributed by atoms with Crippen LogP contribution in [0.1, 0.15) is 27.3 Å². The van der Waals surface area contributed by atoms with Crippen molar-refractivity contribution < 1.29 is 7.26 Å². The van der Waals surface area contributed by atoms with E-state index < -0.39 is 6.88 Å². The fourth-order valence-electron chi connectivity index (χ4n) is 1.19. The highest BCUT2D eigenvalue weighted by Crippen LogP contribution is 2.14. The molecule has 0 saturated heterocycles. The zero-order chi connectivity index (χ0) is 10.7. The summed E-state index contributed by atoms with van der Waals surface area (Å²) < 4.78 is 19.2. The maximum atomic E-state index is 7.08. The van der Waals surface area contributed by atoms with Crippen LogP contribution in [0.5, 0.6) is 0 Å². The summed E-state index contributed by atoms with van der Waals surface area (Å²) in [6.07, 6.45) is 1.87. The van der Waals surface area contributed by atoms with Gasteiger partial charge in [-0.25, -0.2) is 0 Å². The van der Waals surface area contributed by atoms with E-state index in [1.54, 1.807) is 6.34 Å². The second-order valence-electron chi connectivity index (χ2n) is 2.85. The molecule has 0 spiro atoms. The van der Waals surface area contributed by atoms with Crippen molar-refractivity contribution in [2.45, 2.75) is 19.2 Å². The smallest absolute Gasteiger partial charge is 0.233 e. The maximum Gasteiger partial charge on any atom is 0.233 e. The van der Waals surface area contributed by atoms with Gasteiger partial charge < -0.3 is 9.84 Å². The van der Waals surface area contributed by atoms with Crippen molar-refractivity contribution in [1.82, 2.24) is 15.5 Å². The molecule has 0 amide bonds. The molecule has 0 saturated carbocycles. The number of nitrogens with one attached hydrogen (secondary N) is 1. The van der Waals surface area contributed by atoms with Gasteiger partial charge in [0.25, 0.3) is 0 Å². The van der Waals surface area contributed by atoms with Crippen molar-refractivity contribution in [3.63, 3.8) is 0 Å². The minimum absolute atomic E-state index is 0.103. The Morgan fingerprint density at radius 1 is 1.85 bits per heavy atom. The standard InChI is InChI=1S/C8H12N4O/c1-2-7-11-8(13-12-7)6-3-9-5-10-4-6/h5-6H,2-4H2,1H3,(H,9,10)/i1D2. The summed E-state index contributed by atoms with van der Waals surface area (Å²) in [5, 5.41) is 6.72. The first-order valence-corrected chi connectivity index (χ1v) is 4.14. The van der Waals surface area contributed by atoms with E-state index in [1.807, 2.05) is 0 Å². The Kier molecular flexibility index (Phi) is 1.67. The van der Waals surface area contributed by atoms with Gasteiger partial charge in [0.1, 0.15) is 0 Å². The van der Waals surface area contributed by atoms with Gasteiger partial charge >= 0.3 is 0 Å². The van der Waals surface area contributed by atoms with Gasteiger partial charge in [0.05, 0.1) is 18.8 Å². The zero-order valence-corrected chi connectivity index (χ0v) is 7.10. The van der Waals surface area contributed by atoms with Gasteiger partial charge in [-0.05, 0) is 0 Å². The lowest BCUT2D eigenvalue weighted by Gasteiger charge is -2.13. The topological polar surface area (TPSA) is 63.3 Å². The van der Waals surface area contributed by atoms with E-state index in [-0.39, 0.29) is 12.3 Å². The molecule has 2 heterocycles. The molecule has 1 aromatic rings. The van der Waals surface area contributed by atoms with Gasteiger partial charge in [-0.3, -0.25) is 4.99 Å². The SMILES string of the molecule is [2H]C([2H])Cc1noc(C2CN=CNC2)n1. The first-order chi connectivity index (χ1) is 7.25. The molecule has 0 aromatic carbocycles. The normalized spacial score (nSPS) is 23.9. The van der Waals surface area contributed by atoms with Crippen molar-refractivity contribution >= 4 is 6.34 Å². The van der Waals surface area contributed by atoms with E-state index in [1.165, 1.54) is 0 Å². The predicted molar refractivity (Wildman–Crippen MR) is 47.8 cm³/mol. The van der Waals surface area contributed by atoms with Crippen molar-refractivity contribution in [1.29, 1.82) is 0 Å². The monoisotopic (exact) mass is 182 g/mol. The van der Waals surface area contributed by atoms with Crippen LogP contribution in [0.4, 0.5) is 0 Å². The van der Waals surface area contributed by atoms with Crippen LogP contribution in [0.2, 0.25) is 0 Å². The van der Waals surface area contributed by atoms with E-state index >= 15 is 0 Å². The minimum Gasteiger partial charge on any atom is -0.376 e. The van der Waals surface area contributed by atoms with E-state index in [4.69, 9.17) is 7.26 Å². The van der Waals surface area contributed by atoms with Crippen molar-refractivity contribution in [2.24, 2.45) is 4.99 Å². The zero-order valence-electron chi connectivity index (χ0n) is 9.10. The summed E-state index contributed by atoms with van der Waals surface area (Å²) in [7, 11) is 0. The van der Waals surface area contributed by atoms with Crippen LogP contribution in [0, 0.1) is 0 Å². The molecule has 1 aliphatic heterocycles. The van der Waals surface area contributed by atoms with Gasteiger partial charge in [-0.2, -0.15) is 4.98 Å². The Bertz CT molecular complexity index is 352. The molecule has 1 aliphatic rings. The average Bonchev–Trinajstić information content (AvgIpc) is 2.67. The van der Waals surface area contributed by atoms with Gasteiger partial charge in [-0.1, -0.05) is 12.0 Å². The molecule has 13 heavy (non-hydrogen) atoms. The van der Waals surface area contributed by atoms with E-state index in [0.29, 0.717) is 18.3 Å². The highest BCUT2D eigenvalue weighted by molar-refractivity contribution is 5.55. The molecular formula is C8H12N4O. The number of aliphatic imine (C=N–C) groups is 1. The lowest BCUT2D eigenvalue weighted by Crippen LogP contribution is -2.27. The number of aromatic nitrogens is 2. The van der Waals surface area contributed by atoms with Crippen LogP contribution < -0.4 is 5.32 Å². The summed E-state index contributed by atoms with van der Waals surface area (Å²) in [6, 6.07) is 0. The van der Waals surface area contributed by atoms with Crippen LogP contribution in [0.3, 0.4) is 0 Å². The lowest BCUT2D eigenvalue weighted by atomic mass is 10.1. The summed E-state index contributed by atoms with van der Waals surface area (Å²) in [5.74, 6) is 1.07. The molecule has 5 nitrogen and oxygen atoms in total. The molecule has 1 atom stereocenters. The van der Waals surface area contributed by atoms with Gasteiger partial charge in [0.15, 0.2) is 5.82 Å². The Morgan fingerprint density at radius 2 is 2.85 bits per heavy atom. The fourth-order valence-corrected chi connectivity index (χ4v) is 1.19. The Balaban J connectivity index is 2.02. The fraction of sp³-hybridized carbons (Fsp3) is 0.625. The average molecular weight is 182 g/mol. The Labute approximate surface area is 79.1 Å². The minimum atomic E-state index is -0.946. The molecule has 1 unspecified atom stereocenters. The molecule has 0 aliphatic carbocycles. The van der Waals surface area contributed by atoms with Crippen LogP contribution in [0.25, 0.3) is 0 Å². The van der Waals surface area contributed by atoms with Crippen molar-refractivity contribution in [3.05, 3.63) is 11.7 Å². The van der Waals surface area contributed by atoms with Crippen LogP contribution in [0.15, 0.2) is 9.52 Å². The highest BCUT2D eigenvalue weighted by Gasteiger charge is 2.19. The number of hydrogen-bond acceptors (Lipinski definition) is 5. The molecule has 0 fully saturated rings. The largest absolute Gasteiger partial charge is 0.376 e. The molecule has 1 N–H and O–H groups in total. The highest BCUT2D eigenvalue weighted by atomic mass is 16.5. The van der Waals surface area contributed by atoms with Crippen molar-refractivity contribution in [2.75, 3.05) is 13.1 Å². The third-order valence-corrected chi connectivity index (χ3v) is 1.89. The lowest BCUT2D eigenvalue weighted by molar-refractivity contribution is 0.348. The second-order valence-corrected chi connectivity index (χ2v) is 2.85. The summed E-state index contributed by atoms with van der Waals surface area (Å²) in [6.45, 7) is 0.425. The van der Waals surface area contributed by atoms with Crippen LogP contribution in [-0.2, 0) is 6.42 Å². The molecule has 1 aromatic heterocycles. The van der Waals surface area contributed by atoms with Gasteiger partial charge in [0, 0.05) is 15.7 Å². The summed E-state index contributed by atoms with van der Waals surface area (Å²) in [5.41, 5.74) is 0. The Hall–Kier alpha value is -1.39. The molecule has 5 heteroatoms. The van der Waals surface area contributed by atoms with Gasteiger partial charge in [-0.15, -0.1) is 0 Å². The second kappa shape index (κ2) is 3.55. The first kappa shape index (κ1) is 6.12. The maximum absolute atomic E-state index is 7.08. The Morgan fingerprint density at radius 3 is 3.62 bits per heavy atom. The first-order valence-electron chi connectivity index (χ1n) is 5.30. The molecular weight excluding hydrogens is 168 g/mol. The van der Waals surface area contributed by atoms with Crippen LogP contribution in [-0.4, -0.2) is 29.6 Å². The number of hydrogen-bond donors (Lipinski definition) is 1. The predicted octanol–water partition coefficient (Wildman–Crippen LogP) is 0.347. The van der Waals surface area contributed by atoms with E-state index in [9.17, 15) is 0 Å². The number of nitrogens with zero attached hydrogens (tertiary/aromatic N) is 3.